The van der Waals surface area contributed by atoms with Gasteiger partial charge in [0.1, 0.15) is 0 Å². The van der Waals surface area contributed by atoms with E-state index in [0.29, 0.717) is 19.1 Å². The first kappa shape index (κ1) is 11.9. The van der Waals surface area contributed by atoms with E-state index in [2.05, 4.69) is 15.3 Å². The summed E-state index contributed by atoms with van der Waals surface area (Å²) in [5.74, 6) is 0.666. The van der Waals surface area contributed by atoms with Gasteiger partial charge < -0.3 is 15.8 Å². The third-order valence-corrected chi connectivity index (χ3v) is 1.79. The number of nitrogens with one attached hydrogen (secondary N) is 1. The summed E-state index contributed by atoms with van der Waals surface area (Å²) in [7, 11) is 0. The van der Waals surface area contributed by atoms with Crippen LogP contribution in [-0.2, 0) is 4.74 Å². The lowest BCUT2D eigenvalue weighted by atomic mass is 10.4. The summed E-state index contributed by atoms with van der Waals surface area (Å²) < 4.78 is 5.23. The minimum Gasteiger partial charge on any atom is -0.380 e. The monoisotopic (exact) mass is 210 g/mol. The minimum absolute atomic E-state index is 0.578. The number of nitrogens with two attached hydrogens (primary N) is 1. The summed E-state index contributed by atoms with van der Waals surface area (Å²) in [4.78, 5) is 8.26. The molecular weight excluding hydrogens is 192 g/mol. The van der Waals surface area contributed by atoms with E-state index >= 15 is 0 Å². The number of aromatic nitrogens is 2. The molecule has 0 bridgehead atoms. The molecule has 15 heavy (non-hydrogen) atoms. The van der Waals surface area contributed by atoms with E-state index in [1.807, 2.05) is 6.92 Å². The number of aryl methyl sites for hydroxylation is 1. The number of ether oxygens (including phenoxy) is 1. The molecule has 1 aromatic rings. The molecule has 0 aliphatic heterocycles. The molecule has 0 radical (unpaired) electrons. The lowest BCUT2D eigenvalue weighted by molar-refractivity contribution is 0.141. The molecule has 0 atom stereocenters. The maximum absolute atomic E-state index is 5.29. The first-order valence-electron chi connectivity index (χ1n) is 5.13. The quantitative estimate of drug-likeness (QED) is 0.643. The Morgan fingerprint density at radius 2 is 2.07 bits per heavy atom. The van der Waals surface area contributed by atoms with Crippen molar-refractivity contribution in [2.24, 2.45) is 5.73 Å². The van der Waals surface area contributed by atoms with Crippen LogP contribution in [0.2, 0.25) is 0 Å². The summed E-state index contributed by atoms with van der Waals surface area (Å²) in [6.07, 6.45) is 4.51. The van der Waals surface area contributed by atoms with Gasteiger partial charge in [-0.2, -0.15) is 0 Å². The zero-order valence-corrected chi connectivity index (χ0v) is 9.07. The predicted molar refractivity (Wildman–Crippen MR) is 59.7 cm³/mol. The maximum atomic E-state index is 5.29. The predicted octanol–water partition coefficient (Wildman–Crippen LogP) is 0.562. The zero-order chi connectivity index (χ0) is 10.9. The van der Waals surface area contributed by atoms with Gasteiger partial charge in [0.15, 0.2) is 0 Å². The van der Waals surface area contributed by atoms with Gasteiger partial charge in [-0.3, -0.25) is 0 Å². The Balaban J connectivity index is 2.07. The van der Waals surface area contributed by atoms with Crippen LogP contribution in [0.3, 0.4) is 0 Å². The van der Waals surface area contributed by atoms with E-state index in [9.17, 15) is 0 Å². The topological polar surface area (TPSA) is 73.1 Å². The summed E-state index contributed by atoms with van der Waals surface area (Å²) in [6.45, 7) is 4.70. The third-order valence-electron chi connectivity index (χ3n) is 1.79. The Kier molecular flexibility index (Phi) is 5.65. The molecule has 0 saturated carbocycles. The molecule has 5 nitrogen and oxygen atoms in total. The van der Waals surface area contributed by atoms with Crippen LogP contribution < -0.4 is 11.1 Å². The van der Waals surface area contributed by atoms with Crippen LogP contribution in [0.4, 0.5) is 5.95 Å². The normalized spacial score (nSPS) is 10.3. The van der Waals surface area contributed by atoms with E-state index < -0.39 is 0 Å². The van der Waals surface area contributed by atoms with Crippen LogP contribution in [-0.4, -0.2) is 36.3 Å². The molecule has 5 heteroatoms. The fourth-order valence-corrected chi connectivity index (χ4v) is 1.04. The third kappa shape index (κ3) is 5.29. The van der Waals surface area contributed by atoms with Crippen molar-refractivity contribution in [2.45, 2.75) is 13.3 Å². The smallest absolute Gasteiger partial charge is 0.222 e. The highest BCUT2D eigenvalue weighted by molar-refractivity contribution is 5.23. The van der Waals surface area contributed by atoms with Crippen molar-refractivity contribution in [3.63, 3.8) is 0 Å². The highest BCUT2D eigenvalue weighted by atomic mass is 16.5. The van der Waals surface area contributed by atoms with Gasteiger partial charge in [0, 0.05) is 32.1 Å². The van der Waals surface area contributed by atoms with E-state index in [4.69, 9.17) is 10.5 Å². The van der Waals surface area contributed by atoms with E-state index in [1.54, 1.807) is 12.4 Å². The molecule has 0 fully saturated rings. The molecule has 0 unspecified atom stereocenters. The Bertz CT molecular complexity index is 263. The molecule has 0 aliphatic rings. The van der Waals surface area contributed by atoms with E-state index in [-0.39, 0.29) is 0 Å². The number of anilines is 1. The maximum Gasteiger partial charge on any atom is 0.222 e. The first-order valence-corrected chi connectivity index (χ1v) is 5.13. The Labute approximate surface area is 90.1 Å². The Hall–Kier alpha value is -1.20. The van der Waals surface area contributed by atoms with Gasteiger partial charge in [-0.25, -0.2) is 9.97 Å². The van der Waals surface area contributed by atoms with Gasteiger partial charge in [-0.15, -0.1) is 0 Å². The van der Waals surface area contributed by atoms with Crippen molar-refractivity contribution in [3.8, 4) is 0 Å². The summed E-state index contributed by atoms with van der Waals surface area (Å²) in [6, 6.07) is 0. The van der Waals surface area contributed by atoms with Gasteiger partial charge >= 0.3 is 0 Å². The van der Waals surface area contributed by atoms with Gasteiger partial charge in [-0.05, 0) is 18.9 Å². The summed E-state index contributed by atoms with van der Waals surface area (Å²) in [5, 5.41) is 3.12. The lowest BCUT2D eigenvalue weighted by Gasteiger charge is -2.04. The molecule has 84 valence electrons. The fraction of sp³-hybridized carbons (Fsp3) is 0.600. The van der Waals surface area contributed by atoms with Crippen LogP contribution in [0.15, 0.2) is 12.4 Å². The first-order chi connectivity index (χ1) is 7.33. The molecule has 0 aromatic carbocycles. The molecule has 0 spiro atoms. The van der Waals surface area contributed by atoms with Gasteiger partial charge in [0.05, 0.1) is 6.61 Å². The number of nitrogens with zero attached hydrogens (tertiary/aromatic N) is 2. The summed E-state index contributed by atoms with van der Waals surface area (Å²) >= 11 is 0. The van der Waals surface area contributed by atoms with Gasteiger partial charge in [0.2, 0.25) is 5.95 Å². The molecule has 1 rings (SSSR count). The van der Waals surface area contributed by atoms with Crippen molar-refractivity contribution in [2.75, 3.05) is 31.6 Å². The standard InChI is InChI=1S/C10H18N4O/c1-9-7-13-10(14-8-9)12-4-2-5-15-6-3-11/h7-8H,2-6,11H2,1H3,(H,12,13,14). The summed E-state index contributed by atoms with van der Waals surface area (Å²) in [5.41, 5.74) is 6.35. The number of hydrogen-bond acceptors (Lipinski definition) is 5. The second-order valence-corrected chi connectivity index (χ2v) is 3.27. The highest BCUT2D eigenvalue weighted by Gasteiger charge is 1.93. The SMILES string of the molecule is Cc1cnc(NCCCOCCN)nc1. The highest BCUT2D eigenvalue weighted by Crippen LogP contribution is 1.98. The molecule has 3 N–H and O–H groups in total. The average Bonchev–Trinajstić information content (AvgIpc) is 2.26. The van der Waals surface area contributed by atoms with Crippen molar-refractivity contribution in [3.05, 3.63) is 18.0 Å². The van der Waals surface area contributed by atoms with Crippen molar-refractivity contribution in [1.82, 2.24) is 9.97 Å². The molecule has 0 amide bonds. The lowest BCUT2D eigenvalue weighted by Crippen LogP contribution is -2.12. The fourth-order valence-electron chi connectivity index (χ4n) is 1.04. The van der Waals surface area contributed by atoms with Crippen LogP contribution in [0.1, 0.15) is 12.0 Å². The molecular formula is C10H18N4O. The Morgan fingerprint density at radius 1 is 1.33 bits per heavy atom. The molecule has 0 aliphatic carbocycles. The van der Waals surface area contributed by atoms with Crippen LogP contribution in [0, 0.1) is 6.92 Å². The molecule has 0 saturated heterocycles. The van der Waals surface area contributed by atoms with Gasteiger partial charge in [-0.1, -0.05) is 0 Å². The zero-order valence-electron chi connectivity index (χ0n) is 9.07. The molecule has 1 aromatic heterocycles. The number of hydrogen-bond donors (Lipinski definition) is 2. The second kappa shape index (κ2) is 7.14. The van der Waals surface area contributed by atoms with Crippen LogP contribution >= 0.6 is 0 Å². The minimum atomic E-state index is 0.578. The van der Waals surface area contributed by atoms with Crippen molar-refractivity contribution >= 4 is 5.95 Å². The van der Waals surface area contributed by atoms with E-state index in [0.717, 1.165) is 25.1 Å². The number of rotatable bonds is 7. The second-order valence-electron chi connectivity index (χ2n) is 3.27. The van der Waals surface area contributed by atoms with Crippen LogP contribution in [0.25, 0.3) is 0 Å². The van der Waals surface area contributed by atoms with Crippen LogP contribution in [0.5, 0.6) is 0 Å². The Morgan fingerprint density at radius 3 is 2.73 bits per heavy atom. The van der Waals surface area contributed by atoms with Gasteiger partial charge in [0.25, 0.3) is 0 Å². The average molecular weight is 210 g/mol. The van der Waals surface area contributed by atoms with E-state index in [1.165, 1.54) is 0 Å². The molecule has 1 heterocycles. The van der Waals surface area contributed by atoms with Crippen molar-refractivity contribution in [1.29, 1.82) is 0 Å². The largest absolute Gasteiger partial charge is 0.380 e. The van der Waals surface area contributed by atoms with Crippen molar-refractivity contribution < 1.29 is 4.74 Å².